The Kier molecular flexibility index (Phi) is 18.8. The third-order valence-electron chi connectivity index (χ3n) is 11.5. The second-order valence-corrected chi connectivity index (χ2v) is 16.2. The predicted octanol–water partition coefficient (Wildman–Crippen LogP) is -4.79. The Morgan fingerprint density at radius 2 is 1.18 bits per heavy atom. The van der Waals surface area contributed by atoms with Crippen LogP contribution in [-0.2, 0) is 47.9 Å². The van der Waals surface area contributed by atoms with E-state index >= 15 is 0 Å². The van der Waals surface area contributed by atoms with E-state index in [-0.39, 0.29) is 104 Å². The summed E-state index contributed by atoms with van der Waals surface area (Å²) in [6.45, 7) is 1.38. The van der Waals surface area contributed by atoms with Crippen molar-refractivity contribution in [1.82, 2.24) is 51.1 Å². The summed E-state index contributed by atoms with van der Waals surface area (Å²) < 4.78 is 0. The Balaban J connectivity index is 1.54. The number of rotatable bonds is 15. The van der Waals surface area contributed by atoms with E-state index in [0.717, 1.165) is 0 Å². The number of nitrogens with one attached hydrogen (secondary N) is 5. The van der Waals surface area contributed by atoms with Crippen LogP contribution >= 0.6 is 0 Å². The Bertz CT molecular complexity index is 1650. The van der Waals surface area contributed by atoms with Crippen molar-refractivity contribution in [3.8, 4) is 0 Å². The first-order valence-corrected chi connectivity index (χ1v) is 21.0. The van der Waals surface area contributed by atoms with Gasteiger partial charge in [-0.15, -0.1) is 0 Å². The van der Waals surface area contributed by atoms with E-state index < -0.39 is 108 Å². The van der Waals surface area contributed by atoms with Gasteiger partial charge in [0.2, 0.25) is 35.4 Å². The molecule has 2 bridgehead atoms. The topological polar surface area (TPSA) is 328 Å². The minimum atomic E-state index is -1.65. The van der Waals surface area contributed by atoms with Crippen molar-refractivity contribution >= 4 is 59.3 Å². The van der Waals surface area contributed by atoms with Crippen molar-refractivity contribution in [2.24, 2.45) is 5.92 Å². The standard InChI is InChI=1S/C38H60N10O14/c1-2-3-4-25-35(59)40-18-28(49)41-26(16-30(51)52)36(60)43-34-23(15-24-5-6-27(37(61)42-25)48(24)38(34)62)17-39-29(50)19-44-7-9-45(20-31(53)54)11-13-47(22-33(57)58)14-12-46(10-8-44)21-32(55)56/h23-27,34H,2-22H2,1H3,(H,39,50)(H,40,59)(H,41,49)(H,42,61)(H,43,60)(H,51,52)(H,53,54)(H,55,56)(H,57,58)/t23-,24-,25-,26-,27-,34+/m0/s1. The summed E-state index contributed by atoms with van der Waals surface area (Å²) in [6, 6.07) is -5.52. The van der Waals surface area contributed by atoms with Crippen molar-refractivity contribution in [3.63, 3.8) is 0 Å². The summed E-state index contributed by atoms with van der Waals surface area (Å²) >= 11 is 0. The zero-order valence-electron chi connectivity index (χ0n) is 34.9. The van der Waals surface area contributed by atoms with Gasteiger partial charge in [-0.1, -0.05) is 19.8 Å². The van der Waals surface area contributed by atoms with E-state index in [1.165, 1.54) is 4.90 Å². The average molecular weight is 881 g/mol. The number of carbonyl (C=O) groups is 10. The Hall–Kier alpha value is -5.46. The first-order chi connectivity index (χ1) is 29.4. The molecule has 0 spiro atoms. The van der Waals surface area contributed by atoms with Crippen LogP contribution in [0.25, 0.3) is 0 Å². The lowest BCUT2D eigenvalue weighted by Crippen LogP contribution is -2.65. The third-order valence-corrected chi connectivity index (χ3v) is 11.5. The lowest BCUT2D eigenvalue weighted by molar-refractivity contribution is -0.149. The molecule has 0 aromatic carbocycles. The maximum atomic E-state index is 14.4. The molecule has 0 radical (unpaired) electrons. The summed E-state index contributed by atoms with van der Waals surface area (Å²) in [6.07, 6.45) is 1.52. The number of hydrogen-bond acceptors (Lipinski definition) is 14. The fraction of sp³-hybridized carbons (Fsp3) is 0.737. The molecule has 0 aromatic heterocycles. The van der Waals surface area contributed by atoms with E-state index in [1.54, 1.807) is 19.6 Å². The second-order valence-electron chi connectivity index (χ2n) is 16.2. The van der Waals surface area contributed by atoms with Crippen molar-refractivity contribution in [1.29, 1.82) is 0 Å². The average Bonchev–Trinajstić information content (AvgIpc) is 3.63. The highest BCUT2D eigenvalue weighted by molar-refractivity contribution is 5.98. The largest absolute Gasteiger partial charge is 0.481 e. The number of carbonyl (C=O) groups excluding carboxylic acids is 6. The molecule has 4 aliphatic rings. The lowest BCUT2D eigenvalue weighted by Gasteiger charge is -2.42. The van der Waals surface area contributed by atoms with E-state index in [1.807, 2.05) is 6.92 Å². The van der Waals surface area contributed by atoms with Crippen LogP contribution < -0.4 is 26.6 Å². The number of aliphatic carboxylic acids is 4. The molecule has 4 heterocycles. The van der Waals surface area contributed by atoms with E-state index in [4.69, 9.17) is 0 Å². The van der Waals surface area contributed by atoms with Crippen LogP contribution in [0.5, 0.6) is 0 Å². The van der Waals surface area contributed by atoms with Gasteiger partial charge in [0.25, 0.3) is 0 Å². The van der Waals surface area contributed by atoms with Gasteiger partial charge >= 0.3 is 23.9 Å². The van der Waals surface area contributed by atoms with E-state index in [0.29, 0.717) is 19.3 Å². The van der Waals surface area contributed by atoms with Crippen molar-refractivity contribution in [2.45, 2.75) is 82.1 Å². The molecule has 9 N–H and O–H groups in total. The van der Waals surface area contributed by atoms with Crippen molar-refractivity contribution < 1.29 is 68.4 Å². The van der Waals surface area contributed by atoms with Gasteiger partial charge in [-0.05, 0) is 25.7 Å². The van der Waals surface area contributed by atoms with Gasteiger partial charge in [-0.3, -0.25) is 67.5 Å². The van der Waals surface area contributed by atoms with Crippen molar-refractivity contribution in [2.75, 3.05) is 91.6 Å². The monoisotopic (exact) mass is 880 g/mol. The second kappa shape index (κ2) is 23.7. The SMILES string of the molecule is CCCC[C@@H]1NC(=O)[C@@H]2CC[C@H]3C[C@@H](CNC(=O)CN4CCN(CC(=O)O)CCN(CC(=O)O)CCN(CC(=O)O)CC4)[C@@H](NC(=O)[C@H](CC(=O)O)NC(=O)CNC1=O)C(=O)N32. The smallest absolute Gasteiger partial charge is 0.317 e. The first-order valence-electron chi connectivity index (χ1n) is 21.0. The quantitative estimate of drug-likeness (QED) is 0.0745. The first kappa shape index (κ1) is 49.2. The molecule has 4 saturated heterocycles. The van der Waals surface area contributed by atoms with Gasteiger partial charge in [-0.2, -0.15) is 0 Å². The zero-order valence-corrected chi connectivity index (χ0v) is 34.9. The number of fused-ring (bicyclic) bond motifs is 1. The Morgan fingerprint density at radius 3 is 1.68 bits per heavy atom. The molecule has 24 nitrogen and oxygen atoms in total. The molecule has 0 aromatic rings. The van der Waals surface area contributed by atoms with E-state index in [9.17, 15) is 68.4 Å². The van der Waals surface area contributed by atoms with Crippen LogP contribution in [0.3, 0.4) is 0 Å². The lowest BCUT2D eigenvalue weighted by atomic mass is 9.85. The Morgan fingerprint density at radius 1 is 0.645 bits per heavy atom. The summed E-state index contributed by atoms with van der Waals surface area (Å²) in [5.74, 6) is -9.76. The highest BCUT2D eigenvalue weighted by Crippen LogP contribution is 2.35. The van der Waals surface area contributed by atoms with Crippen LogP contribution in [0.1, 0.15) is 51.9 Å². The summed E-state index contributed by atoms with van der Waals surface area (Å²) in [4.78, 5) is 136. The van der Waals surface area contributed by atoms with Gasteiger partial charge in [0, 0.05) is 70.9 Å². The molecule has 0 saturated carbocycles. The molecule has 0 aliphatic carbocycles. The maximum absolute atomic E-state index is 14.4. The number of hydrogen-bond donors (Lipinski definition) is 9. The van der Waals surface area contributed by atoms with Crippen LogP contribution in [-0.4, -0.2) is 226 Å². The van der Waals surface area contributed by atoms with Gasteiger partial charge < -0.3 is 51.9 Å². The fourth-order valence-corrected chi connectivity index (χ4v) is 8.34. The van der Waals surface area contributed by atoms with Gasteiger partial charge in [0.1, 0.15) is 24.2 Å². The number of unbranched alkanes of at least 4 members (excludes halogenated alkanes) is 1. The number of carboxylic acids is 4. The van der Waals surface area contributed by atoms with Gasteiger partial charge in [0.05, 0.1) is 39.1 Å². The number of carboxylic acid groups (broad SMARTS) is 4. The normalized spacial score (nSPS) is 26.9. The molecule has 6 atom stereocenters. The molecule has 62 heavy (non-hydrogen) atoms. The zero-order chi connectivity index (χ0) is 45.5. The predicted molar refractivity (Wildman–Crippen MR) is 214 cm³/mol. The highest BCUT2D eigenvalue weighted by Gasteiger charge is 2.51. The third kappa shape index (κ3) is 15.2. The molecule has 4 rings (SSSR count). The Labute approximate surface area is 358 Å². The van der Waals surface area contributed by atoms with Crippen LogP contribution in [0, 0.1) is 5.92 Å². The van der Waals surface area contributed by atoms with Crippen LogP contribution in [0.15, 0.2) is 0 Å². The number of nitrogens with zero attached hydrogens (tertiary/aromatic N) is 5. The molecule has 346 valence electrons. The summed E-state index contributed by atoms with van der Waals surface area (Å²) in [5.41, 5.74) is 0. The van der Waals surface area contributed by atoms with Gasteiger partial charge in [-0.25, -0.2) is 0 Å². The molecule has 4 fully saturated rings. The number of piperidine rings is 1. The number of amides is 6. The molecular weight excluding hydrogens is 820 g/mol. The molecular formula is C38H60N10O14. The maximum Gasteiger partial charge on any atom is 0.317 e. The highest BCUT2D eigenvalue weighted by atomic mass is 16.4. The van der Waals surface area contributed by atoms with Crippen LogP contribution in [0.4, 0.5) is 0 Å². The fourth-order valence-electron chi connectivity index (χ4n) is 8.34. The minimum absolute atomic E-state index is 0.145. The van der Waals surface area contributed by atoms with E-state index in [2.05, 4.69) is 26.6 Å². The summed E-state index contributed by atoms with van der Waals surface area (Å²) in [7, 11) is 0. The van der Waals surface area contributed by atoms with Gasteiger partial charge in [0.15, 0.2) is 0 Å². The molecule has 6 amide bonds. The molecule has 4 aliphatic heterocycles. The van der Waals surface area contributed by atoms with Crippen molar-refractivity contribution in [3.05, 3.63) is 0 Å². The molecule has 24 heteroatoms. The minimum Gasteiger partial charge on any atom is -0.481 e. The molecule has 0 unspecified atom stereocenters. The van der Waals surface area contributed by atoms with Crippen LogP contribution in [0.2, 0.25) is 0 Å². The summed E-state index contributed by atoms with van der Waals surface area (Å²) in [5, 5.41) is 51.0.